The second kappa shape index (κ2) is 3.70. The number of nitrogens with zero attached hydrogens (tertiary/aromatic N) is 1. The summed E-state index contributed by atoms with van der Waals surface area (Å²) in [5, 5.41) is 9.83. The first-order chi connectivity index (χ1) is 5.91. The molecule has 1 N–H and O–H groups in total. The van der Waals surface area contributed by atoms with E-state index in [0.717, 1.165) is 31.6 Å². The summed E-state index contributed by atoms with van der Waals surface area (Å²) < 4.78 is 0. The zero-order valence-corrected chi connectivity index (χ0v) is 9.01. The van der Waals surface area contributed by atoms with Crippen LogP contribution in [0.5, 0.6) is 0 Å². The molecule has 1 saturated heterocycles. The van der Waals surface area contributed by atoms with Crippen molar-refractivity contribution in [2.24, 2.45) is 5.92 Å². The molecule has 0 radical (unpaired) electrons. The van der Waals surface area contributed by atoms with Crippen molar-refractivity contribution >= 4 is 0 Å². The molecule has 2 heteroatoms. The number of aliphatic hydroxyl groups is 1. The summed E-state index contributed by atoms with van der Waals surface area (Å²) in [6.45, 7) is 11.9. The standard InChI is InChI=1S/C11H21NO/c1-9(2)12-7-5-10(6-8-12)11(3,4)13/h10,13H,1,5-8H2,2-4H3. The molecule has 0 aromatic heterocycles. The van der Waals surface area contributed by atoms with E-state index in [1.807, 2.05) is 20.8 Å². The first-order valence-electron chi connectivity index (χ1n) is 5.04. The smallest absolute Gasteiger partial charge is 0.0621 e. The largest absolute Gasteiger partial charge is 0.390 e. The number of rotatable bonds is 2. The van der Waals surface area contributed by atoms with Crippen LogP contribution in [0, 0.1) is 5.92 Å². The number of hydrogen-bond donors (Lipinski definition) is 1. The monoisotopic (exact) mass is 183 g/mol. The molecule has 1 heterocycles. The van der Waals surface area contributed by atoms with Gasteiger partial charge < -0.3 is 10.0 Å². The van der Waals surface area contributed by atoms with Crippen molar-refractivity contribution < 1.29 is 5.11 Å². The summed E-state index contributed by atoms with van der Waals surface area (Å²) in [6, 6.07) is 0. The zero-order valence-electron chi connectivity index (χ0n) is 9.01. The lowest BCUT2D eigenvalue weighted by atomic mass is 9.83. The van der Waals surface area contributed by atoms with Crippen LogP contribution < -0.4 is 0 Å². The van der Waals surface area contributed by atoms with Crippen LogP contribution in [0.25, 0.3) is 0 Å². The Bertz CT molecular complexity index is 185. The molecule has 13 heavy (non-hydrogen) atoms. The van der Waals surface area contributed by atoms with Crippen LogP contribution in [0.4, 0.5) is 0 Å². The van der Waals surface area contributed by atoms with Crippen LogP contribution in [-0.4, -0.2) is 28.7 Å². The van der Waals surface area contributed by atoms with E-state index in [1.54, 1.807) is 0 Å². The molecule has 0 saturated carbocycles. The van der Waals surface area contributed by atoms with Crippen molar-refractivity contribution in [1.82, 2.24) is 4.90 Å². The predicted molar refractivity (Wildman–Crippen MR) is 55.4 cm³/mol. The van der Waals surface area contributed by atoms with E-state index >= 15 is 0 Å². The Morgan fingerprint density at radius 3 is 2.15 bits per heavy atom. The molecule has 2 nitrogen and oxygen atoms in total. The summed E-state index contributed by atoms with van der Waals surface area (Å²) in [4.78, 5) is 2.29. The molecular weight excluding hydrogens is 162 g/mol. The molecule has 1 fully saturated rings. The van der Waals surface area contributed by atoms with Gasteiger partial charge in [0.05, 0.1) is 5.60 Å². The molecule has 1 aliphatic heterocycles. The average molecular weight is 183 g/mol. The van der Waals surface area contributed by atoms with Gasteiger partial charge in [-0.1, -0.05) is 6.58 Å². The molecule has 0 spiro atoms. The van der Waals surface area contributed by atoms with Gasteiger partial charge in [0.15, 0.2) is 0 Å². The second-order valence-electron chi connectivity index (χ2n) is 4.65. The van der Waals surface area contributed by atoms with Gasteiger partial charge in [0.2, 0.25) is 0 Å². The maximum atomic E-state index is 9.83. The minimum atomic E-state index is -0.513. The van der Waals surface area contributed by atoms with E-state index in [1.165, 1.54) is 0 Å². The van der Waals surface area contributed by atoms with Crippen LogP contribution in [-0.2, 0) is 0 Å². The van der Waals surface area contributed by atoms with Gasteiger partial charge in [-0.25, -0.2) is 0 Å². The minimum Gasteiger partial charge on any atom is -0.390 e. The molecular formula is C11H21NO. The van der Waals surface area contributed by atoms with Gasteiger partial charge >= 0.3 is 0 Å². The zero-order chi connectivity index (χ0) is 10.1. The van der Waals surface area contributed by atoms with Crippen LogP contribution in [0.2, 0.25) is 0 Å². The van der Waals surface area contributed by atoms with Gasteiger partial charge in [-0.15, -0.1) is 0 Å². The fourth-order valence-electron chi connectivity index (χ4n) is 1.97. The fourth-order valence-corrected chi connectivity index (χ4v) is 1.97. The number of likely N-dealkylation sites (tertiary alicyclic amines) is 1. The van der Waals surface area contributed by atoms with Crippen molar-refractivity contribution in [3.05, 3.63) is 12.3 Å². The van der Waals surface area contributed by atoms with Crippen molar-refractivity contribution in [1.29, 1.82) is 0 Å². The highest BCUT2D eigenvalue weighted by molar-refractivity contribution is 4.93. The number of allylic oxidation sites excluding steroid dienone is 1. The highest BCUT2D eigenvalue weighted by atomic mass is 16.3. The third-order valence-electron chi connectivity index (χ3n) is 3.03. The fraction of sp³-hybridized carbons (Fsp3) is 0.818. The van der Waals surface area contributed by atoms with Crippen LogP contribution >= 0.6 is 0 Å². The Morgan fingerprint density at radius 2 is 1.85 bits per heavy atom. The number of piperidine rings is 1. The third-order valence-corrected chi connectivity index (χ3v) is 3.03. The van der Waals surface area contributed by atoms with Gasteiger partial charge in [-0.3, -0.25) is 0 Å². The Kier molecular flexibility index (Phi) is 3.01. The maximum absolute atomic E-state index is 9.83. The molecule has 1 aliphatic rings. The molecule has 0 aromatic carbocycles. The van der Waals surface area contributed by atoms with E-state index in [9.17, 15) is 5.11 Å². The molecule has 0 bridgehead atoms. The molecule has 76 valence electrons. The van der Waals surface area contributed by atoms with Crippen molar-refractivity contribution in [3.63, 3.8) is 0 Å². The van der Waals surface area contributed by atoms with Crippen LogP contribution in [0.3, 0.4) is 0 Å². The summed E-state index contributed by atoms with van der Waals surface area (Å²) in [5.74, 6) is 0.447. The second-order valence-corrected chi connectivity index (χ2v) is 4.65. The van der Waals surface area contributed by atoms with Crippen molar-refractivity contribution in [3.8, 4) is 0 Å². The summed E-state index contributed by atoms with van der Waals surface area (Å²) in [6.07, 6.45) is 2.16. The van der Waals surface area contributed by atoms with Gasteiger partial charge in [-0.2, -0.15) is 0 Å². The van der Waals surface area contributed by atoms with Crippen molar-refractivity contribution in [2.45, 2.75) is 39.2 Å². The Balaban J connectivity index is 2.44. The first kappa shape index (κ1) is 10.6. The quantitative estimate of drug-likeness (QED) is 0.708. The van der Waals surface area contributed by atoms with Gasteiger partial charge in [-0.05, 0) is 39.5 Å². The van der Waals surface area contributed by atoms with E-state index in [0.29, 0.717) is 5.92 Å². The highest BCUT2D eigenvalue weighted by Crippen LogP contribution is 2.28. The molecule has 0 unspecified atom stereocenters. The van der Waals surface area contributed by atoms with Gasteiger partial charge in [0.25, 0.3) is 0 Å². The molecule has 0 atom stereocenters. The lowest BCUT2D eigenvalue weighted by molar-refractivity contribution is -0.00831. The Morgan fingerprint density at radius 1 is 1.38 bits per heavy atom. The highest BCUT2D eigenvalue weighted by Gasteiger charge is 2.30. The van der Waals surface area contributed by atoms with Crippen molar-refractivity contribution in [2.75, 3.05) is 13.1 Å². The molecule has 0 amide bonds. The van der Waals surface area contributed by atoms with E-state index in [2.05, 4.69) is 11.5 Å². The summed E-state index contributed by atoms with van der Waals surface area (Å²) in [5.41, 5.74) is 0.635. The third kappa shape index (κ3) is 2.73. The van der Waals surface area contributed by atoms with Crippen LogP contribution in [0.1, 0.15) is 33.6 Å². The summed E-state index contributed by atoms with van der Waals surface area (Å²) >= 11 is 0. The van der Waals surface area contributed by atoms with E-state index in [-0.39, 0.29) is 0 Å². The lowest BCUT2D eigenvalue weighted by Crippen LogP contribution is -2.40. The minimum absolute atomic E-state index is 0.447. The lowest BCUT2D eigenvalue weighted by Gasteiger charge is -2.38. The van der Waals surface area contributed by atoms with E-state index < -0.39 is 5.60 Å². The molecule has 1 rings (SSSR count). The predicted octanol–water partition coefficient (Wildman–Crippen LogP) is 2.00. The summed E-state index contributed by atoms with van der Waals surface area (Å²) in [7, 11) is 0. The van der Waals surface area contributed by atoms with Gasteiger partial charge in [0.1, 0.15) is 0 Å². The first-order valence-corrected chi connectivity index (χ1v) is 5.04. The SMILES string of the molecule is C=C(C)N1CCC(C(C)(C)O)CC1. The Hall–Kier alpha value is -0.500. The Labute approximate surface area is 81.2 Å². The molecule has 0 aliphatic carbocycles. The van der Waals surface area contributed by atoms with Crippen LogP contribution in [0.15, 0.2) is 12.3 Å². The normalized spacial score (nSPS) is 20.5. The van der Waals surface area contributed by atoms with Gasteiger partial charge in [0, 0.05) is 18.8 Å². The average Bonchev–Trinajstić information content (AvgIpc) is 2.03. The number of hydrogen-bond acceptors (Lipinski definition) is 2. The van der Waals surface area contributed by atoms with E-state index in [4.69, 9.17) is 0 Å². The maximum Gasteiger partial charge on any atom is 0.0621 e. The molecule has 0 aromatic rings. The topological polar surface area (TPSA) is 23.5 Å².